The minimum Gasteiger partial charge on any atom is -0.295 e. The molecule has 1 nitrogen and oxygen atoms in total. The Balaban J connectivity index is 2.28. The van der Waals surface area contributed by atoms with Gasteiger partial charge in [-0.15, -0.1) is 0 Å². The molecule has 0 N–H and O–H groups in total. The summed E-state index contributed by atoms with van der Waals surface area (Å²) in [4.78, 5) is 11.2. The predicted octanol–water partition coefficient (Wildman–Crippen LogP) is 3.69. The van der Waals surface area contributed by atoms with Crippen molar-refractivity contribution in [3.05, 3.63) is 53.1 Å². The minimum absolute atomic E-state index is 0.194. The van der Waals surface area contributed by atoms with E-state index in [0.717, 1.165) is 18.4 Å². The van der Waals surface area contributed by atoms with Gasteiger partial charge in [-0.3, -0.25) is 4.79 Å². The standard InChI is InChI=1S/C15H16O/c1-11-4-3-5-15(10-11)14-8-6-13(7-9-14)12(2)16/h3-6,8,10H,7,9H2,1-2H3. The first kappa shape index (κ1) is 10.9. The van der Waals surface area contributed by atoms with Crippen LogP contribution in [-0.2, 0) is 4.79 Å². The lowest BCUT2D eigenvalue weighted by molar-refractivity contribution is -0.113. The van der Waals surface area contributed by atoms with Crippen molar-refractivity contribution < 1.29 is 4.79 Å². The van der Waals surface area contributed by atoms with E-state index in [1.54, 1.807) is 6.92 Å². The maximum absolute atomic E-state index is 11.2. The average molecular weight is 212 g/mol. The molecule has 0 aliphatic heterocycles. The summed E-state index contributed by atoms with van der Waals surface area (Å²) in [6.45, 7) is 3.74. The number of Topliss-reactive ketones (excluding diaryl/α,β-unsaturated/α-hetero) is 1. The van der Waals surface area contributed by atoms with E-state index in [1.807, 2.05) is 6.08 Å². The van der Waals surface area contributed by atoms with Gasteiger partial charge in [-0.2, -0.15) is 0 Å². The first-order chi connectivity index (χ1) is 7.66. The number of hydrogen-bond donors (Lipinski definition) is 0. The highest BCUT2D eigenvalue weighted by Gasteiger charge is 2.10. The molecule has 1 aromatic rings. The summed E-state index contributed by atoms with van der Waals surface area (Å²) >= 11 is 0. The third-order valence-corrected chi connectivity index (χ3v) is 2.99. The van der Waals surface area contributed by atoms with Crippen molar-refractivity contribution in [1.82, 2.24) is 0 Å². The Morgan fingerprint density at radius 1 is 1.19 bits per heavy atom. The van der Waals surface area contributed by atoms with E-state index in [2.05, 4.69) is 37.3 Å². The van der Waals surface area contributed by atoms with Crippen LogP contribution in [-0.4, -0.2) is 5.78 Å². The van der Waals surface area contributed by atoms with Gasteiger partial charge in [0.15, 0.2) is 5.78 Å². The third kappa shape index (κ3) is 2.30. The highest BCUT2D eigenvalue weighted by atomic mass is 16.1. The van der Waals surface area contributed by atoms with Gasteiger partial charge in [-0.05, 0) is 43.4 Å². The number of rotatable bonds is 2. The Kier molecular flexibility index (Phi) is 3.04. The van der Waals surface area contributed by atoms with E-state index in [4.69, 9.17) is 0 Å². The number of aryl methyl sites for hydroxylation is 1. The Hall–Kier alpha value is -1.63. The third-order valence-electron chi connectivity index (χ3n) is 2.99. The zero-order valence-corrected chi connectivity index (χ0v) is 9.79. The largest absolute Gasteiger partial charge is 0.295 e. The van der Waals surface area contributed by atoms with Crippen LogP contribution in [0.1, 0.15) is 30.9 Å². The zero-order chi connectivity index (χ0) is 11.5. The first-order valence-corrected chi connectivity index (χ1v) is 5.64. The van der Waals surface area contributed by atoms with E-state index < -0.39 is 0 Å². The average Bonchev–Trinajstić information content (AvgIpc) is 2.29. The lowest BCUT2D eigenvalue weighted by atomic mass is 9.91. The number of carbonyl (C=O) groups excluding carboxylic acids is 1. The molecule has 0 saturated heterocycles. The van der Waals surface area contributed by atoms with Crippen molar-refractivity contribution in [2.45, 2.75) is 26.7 Å². The van der Waals surface area contributed by atoms with Crippen LogP contribution in [0, 0.1) is 6.92 Å². The summed E-state index contributed by atoms with van der Waals surface area (Å²) in [5, 5.41) is 0. The molecule has 0 bridgehead atoms. The molecule has 2 rings (SSSR count). The van der Waals surface area contributed by atoms with Crippen LogP contribution in [0.2, 0.25) is 0 Å². The molecule has 0 heterocycles. The molecule has 1 aromatic carbocycles. The summed E-state index contributed by atoms with van der Waals surface area (Å²) in [6.07, 6.45) is 5.88. The first-order valence-electron chi connectivity index (χ1n) is 5.64. The van der Waals surface area contributed by atoms with Gasteiger partial charge >= 0.3 is 0 Å². The van der Waals surface area contributed by atoms with E-state index >= 15 is 0 Å². The van der Waals surface area contributed by atoms with Crippen molar-refractivity contribution in [3.63, 3.8) is 0 Å². The van der Waals surface area contributed by atoms with E-state index in [1.165, 1.54) is 16.7 Å². The molecule has 0 amide bonds. The Morgan fingerprint density at radius 3 is 2.56 bits per heavy atom. The SMILES string of the molecule is CC(=O)C1=CC=C(c2cccc(C)c2)CC1. The molecule has 1 aliphatic rings. The second-order valence-corrected chi connectivity index (χ2v) is 4.31. The number of carbonyl (C=O) groups is 1. The normalized spacial score (nSPS) is 15.4. The van der Waals surface area contributed by atoms with Crippen molar-refractivity contribution >= 4 is 11.4 Å². The molecule has 0 unspecified atom stereocenters. The van der Waals surface area contributed by atoms with Crippen LogP contribution in [0.5, 0.6) is 0 Å². The summed E-state index contributed by atoms with van der Waals surface area (Å²) in [5.74, 6) is 0.194. The second-order valence-electron chi connectivity index (χ2n) is 4.31. The molecule has 0 fully saturated rings. The molecular weight excluding hydrogens is 196 g/mol. The molecule has 0 atom stereocenters. The van der Waals surface area contributed by atoms with Crippen LogP contribution >= 0.6 is 0 Å². The summed E-state index contributed by atoms with van der Waals surface area (Å²) in [5.41, 5.74) is 4.82. The monoisotopic (exact) mass is 212 g/mol. The van der Waals surface area contributed by atoms with E-state index in [9.17, 15) is 4.79 Å². The van der Waals surface area contributed by atoms with Crippen LogP contribution < -0.4 is 0 Å². The fourth-order valence-corrected chi connectivity index (χ4v) is 2.02. The molecule has 0 spiro atoms. The van der Waals surface area contributed by atoms with E-state index in [-0.39, 0.29) is 5.78 Å². The smallest absolute Gasteiger partial charge is 0.155 e. The zero-order valence-electron chi connectivity index (χ0n) is 9.79. The van der Waals surface area contributed by atoms with Crippen molar-refractivity contribution in [2.75, 3.05) is 0 Å². The summed E-state index contributed by atoms with van der Waals surface area (Å²) < 4.78 is 0. The van der Waals surface area contributed by atoms with Crippen LogP contribution in [0.4, 0.5) is 0 Å². The van der Waals surface area contributed by atoms with Gasteiger partial charge in [0.05, 0.1) is 0 Å². The van der Waals surface area contributed by atoms with Gasteiger partial charge in [-0.25, -0.2) is 0 Å². The van der Waals surface area contributed by atoms with Crippen LogP contribution in [0.15, 0.2) is 42.0 Å². The van der Waals surface area contributed by atoms with Crippen molar-refractivity contribution in [1.29, 1.82) is 0 Å². The van der Waals surface area contributed by atoms with Crippen LogP contribution in [0.25, 0.3) is 5.57 Å². The number of ketones is 1. The molecule has 1 aliphatic carbocycles. The summed E-state index contributed by atoms with van der Waals surface area (Å²) in [7, 11) is 0. The Labute approximate surface area is 96.5 Å². The lowest BCUT2D eigenvalue weighted by Gasteiger charge is -2.13. The van der Waals surface area contributed by atoms with Crippen molar-refractivity contribution in [3.8, 4) is 0 Å². The maximum Gasteiger partial charge on any atom is 0.155 e. The minimum atomic E-state index is 0.194. The number of benzene rings is 1. The number of hydrogen-bond acceptors (Lipinski definition) is 1. The second kappa shape index (κ2) is 4.48. The Bertz CT molecular complexity index is 478. The van der Waals surface area contributed by atoms with Gasteiger partial charge in [0.25, 0.3) is 0 Å². The highest BCUT2D eigenvalue weighted by molar-refractivity contribution is 5.94. The van der Waals surface area contributed by atoms with Gasteiger partial charge in [0.2, 0.25) is 0 Å². The lowest BCUT2D eigenvalue weighted by Crippen LogP contribution is -2.01. The molecule has 1 heteroatoms. The fraction of sp³-hybridized carbons (Fsp3) is 0.267. The Morgan fingerprint density at radius 2 is 2.00 bits per heavy atom. The quantitative estimate of drug-likeness (QED) is 0.730. The topological polar surface area (TPSA) is 17.1 Å². The fourth-order valence-electron chi connectivity index (χ4n) is 2.02. The van der Waals surface area contributed by atoms with E-state index in [0.29, 0.717) is 0 Å². The maximum atomic E-state index is 11.2. The predicted molar refractivity (Wildman–Crippen MR) is 67.2 cm³/mol. The summed E-state index contributed by atoms with van der Waals surface area (Å²) in [6, 6.07) is 8.50. The van der Waals surface area contributed by atoms with Gasteiger partial charge in [0.1, 0.15) is 0 Å². The highest BCUT2D eigenvalue weighted by Crippen LogP contribution is 2.27. The molecular formula is C15H16O. The molecule has 0 saturated carbocycles. The molecule has 0 aromatic heterocycles. The molecule has 16 heavy (non-hydrogen) atoms. The molecule has 0 radical (unpaired) electrons. The molecule has 82 valence electrons. The van der Waals surface area contributed by atoms with Crippen LogP contribution in [0.3, 0.4) is 0 Å². The van der Waals surface area contributed by atoms with Gasteiger partial charge in [-0.1, -0.05) is 42.0 Å². The van der Waals surface area contributed by atoms with Gasteiger partial charge in [0, 0.05) is 0 Å². The number of allylic oxidation sites excluding steroid dienone is 4. The van der Waals surface area contributed by atoms with Gasteiger partial charge < -0.3 is 0 Å². The van der Waals surface area contributed by atoms with Crippen molar-refractivity contribution in [2.24, 2.45) is 0 Å².